The molecule has 174 valence electrons. The second-order valence-corrected chi connectivity index (χ2v) is 8.29. The van der Waals surface area contributed by atoms with Crippen molar-refractivity contribution in [2.24, 2.45) is 5.92 Å². The van der Waals surface area contributed by atoms with Gasteiger partial charge in [0.15, 0.2) is 0 Å². The van der Waals surface area contributed by atoms with Gasteiger partial charge in [0.05, 0.1) is 19.1 Å². The molecular weight excluding hydrogens is 438 g/mol. The number of carbonyl (C=O) groups is 1. The van der Waals surface area contributed by atoms with Crippen molar-refractivity contribution in [2.45, 2.75) is 25.7 Å². The van der Waals surface area contributed by atoms with E-state index in [4.69, 9.17) is 4.74 Å². The minimum absolute atomic E-state index is 0. The van der Waals surface area contributed by atoms with Crippen LogP contribution in [0.1, 0.15) is 24.0 Å². The van der Waals surface area contributed by atoms with E-state index in [1.807, 2.05) is 0 Å². The first kappa shape index (κ1) is 24.4. The Hall–Kier alpha value is -2.22. The maximum Gasteiger partial charge on any atom is 0.307 e. The fourth-order valence-corrected chi connectivity index (χ4v) is 4.59. The number of likely N-dealkylation sites (tertiary alicyclic amines) is 1. The van der Waals surface area contributed by atoms with Crippen LogP contribution in [0.15, 0.2) is 36.4 Å². The summed E-state index contributed by atoms with van der Waals surface area (Å²) in [5, 5.41) is 9.22. The number of halogens is 3. The maximum atomic E-state index is 13.8. The zero-order valence-electron chi connectivity index (χ0n) is 17.9. The number of aryl methyl sites for hydroxylation is 2. The Morgan fingerprint density at radius 2 is 1.59 bits per heavy atom. The molecule has 1 fully saturated rings. The number of benzene rings is 2. The molecule has 4 rings (SSSR count). The fraction of sp³-hybridized carbons (Fsp3) is 0.458. The quantitative estimate of drug-likeness (QED) is 0.611. The Labute approximate surface area is 193 Å². The zero-order chi connectivity index (χ0) is 21.8. The van der Waals surface area contributed by atoms with Crippen molar-refractivity contribution in [3.05, 3.63) is 59.2 Å². The highest BCUT2D eigenvalue weighted by atomic mass is 35.5. The Kier molecular flexibility index (Phi) is 8.45. The number of ether oxygens (including phenoxy) is 1. The topological polar surface area (TPSA) is 53.0 Å². The van der Waals surface area contributed by atoms with Crippen LogP contribution in [0, 0.1) is 17.6 Å². The number of aliphatic carboxylic acids is 1. The first-order valence-corrected chi connectivity index (χ1v) is 10.9. The van der Waals surface area contributed by atoms with Crippen LogP contribution in [0.25, 0.3) is 0 Å². The lowest BCUT2D eigenvalue weighted by Gasteiger charge is -2.30. The second-order valence-electron chi connectivity index (χ2n) is 8.29. The Balaban J connectivity index is 0.00000289. The predicted molar refractivity (Wildman–Crippen MR) is 122 cm³/mol. The number of hydrogen-bond acceptors (Lipinski definition) is 4. The van der Waals surface area contributed by atoms with Crippen LogP contribution in [0.3, 0.4) is 0 Å². The lowest BCUT2D eigenvalue weighted by atomic mass is 9.98. The molecule has 32 heavy (non-hydrogen) atoms. The van der Waals surface area contributed by atoms with E-state index in [-0.39, 0.29) is 30.0 Å². The molecule has 1 N–H and O–H groups in total. The third kappa shape index (κ3) is 5.77. The van der Waals surface area contributed by atoms with Gasteiger partial charge in [-0.1, -0.05) is 0 Å². The van der Waals surface area contributed by atoms with Crippen LogP contribution in [-0.4, -0.2) is 55.4 Å². The first-order valence-electron chi connectivity index (χ1n) is 10.9. The molecule has 8 heteroatoms. The predicted octanol–water partition coefficient (Wildman–Crippen LogP) is 4.44. The van der Waals surface area contributed by atoms with Crippen molar-refractivity contribution in [1.82, 2.24) is 4.90 Å². The van der Waals surface area contributed by atoms with Crippen LogP contribution in [0.5, 0.6) is 0 Å². The molecule has 0 aromatic heterocycles. The number of anilines is 2. The molecule has 0 spiro atoms. The van der Waals surface area contributed by atoms with Gasteiger partial charge in [-0.05, 0) is 79.8 Å². The number of hydrogen-bond donors (Lipinski definition) is 1. The number of carboxylic acids is 1. The summed E-state index contributed by atoms with van der Waals surface area (Å²) in [6, 6.07) is 9.58. The normalized spacial score (nSPS) is 18.3. The van der Waals surface area contributed by atoms with Crippen LogP contribution in [0.2, 0.25) is 0 Å². The lowest BCUT2D eigenvalue weighted by Crippen LogP contribution is -2.40. The molecular formula is C24H29ClF2N2O3. The Morgan fingerprint density at radius 1 is 1.00 bits per heavy atom. The average Bonchev–Trinajstić information content (AvgIpc) is 2.90. The third-order valence-electron chi connectivity index (χ3n) is 6.19. The van der Waals surface area contributed by atoms with Crippen molar-refractivity contribution in [1.29, 1.82) is 0 Å². The van der Waals surface area contributed by atoms with Crippen LogP contribution in [-0.2, 0) is 22.4 Å². The van der Waals surface area contributed by atoms with Crippen LogP contribution < -0.4 is 4.90 Å². The molecule has 0 bridgehead atoms. The summed E-state index contributed by atoms with van der Waals surface area (Å²) >= 11 is 0. The Bertz CT molecular complexity index is 890. The summed E-state index contributed by atoms with van der Waals surface area (Å²) in [6.45, 7) is 3.72. The summed E-state index contributed by atoms with van der Waals surface area (Å²) in [5.41, 5.74) is 3.67. The number of rotatable bonds is 7. The van der Waals surface area contributed by atoms with Crippen molar-refractivity contribution in [3.8, 4) is 0 Å². The molecule has 0 radical (unpaired) electrons. The standard InChI is InChI=1S/C24H28F2N2O3.ClH/c25-20-5-7-22-17(14-20)3-4-18-15-21(26)6-8-23(18)28(22)11-13-31-12-10-27-9-1-2-19(16-27)24(29)30;/h5-8,14-15,19H,1-4,9-13,16H2,(H,29,30);1H/t19-;/m1./s1. The third-order valence-corrected chi connectivity index (χ3v) is 6.19. The molecule has 2 aromatic rings. The minimum Gasteiger partial charge on any atom is -0.481 e. The fourth-order valence-electron chi connectivity index (χ4n) is 4.59. The summed E-state index contributed by atoms with van der Waals surface area (Å²) in [5.74, 6) is -1.56. The van der Waals surface area contributed by atoms with Gasteiger partial charge in [-0.2, -0.15) is 0 Å². The minimum atomic E-state index is -0.725. The van der Waals surface area contributed by atoms with Gasteiger partial charge in [0.25, 0.3) is 0 Å². The molecule has 0 unspecified atom stereocenters. The van der Waals surface area contributed by atoms with Gasteiger partial charge in [0.1, 0.15) is 11.6 Å². The van der Waals surface area contributed by atoms with Gasteiger partial charge in [-0.25, -0.2) is 8.78 Å². The number of fused-ring (bicyclic) bond motifs is 2. The van der Waals surface area contributed by atoms with E-state index in [0.717, 1.165) is 41.9 Å². The smallest absolute Gasteiger partial charge is 0.307 e. The van der Waals surface area contributed by atoms with E-state index in [0.29, 0.717) is 45.7 Å². The summed E-state index contributed by atoms with van der Waals surface area (Å²) in [6.07, 6.45) is 2.94. The molecule has 0 aliphatic carbocycles. The van der Waals surface area contributed by atoms with E-state index in [2.05, 4.69) is 9.80 Å². The highest BCUT2D eigenvalue weighted by molar-refractivity contribution is 5.85. The van der Waals surface area contributed by atoms with Gasteiger partial charge < -0.3 is 19.6 Å². The van der Waals surface area contributed by atoms with Gasteiger partial charge in [-0.3, -0.25) is 4.79 Å². The van der Waals surface area contributed by atoms with Crippen molar-refractivity contribution >= 4 is 29.8 Å². The first-order chi connectivity index (χ1) is 15.0. The monoisotopic (exact) mass is 466 g/mol. The van der Waals surface area contributed by atoms with E-state index in [9.17, 15) is 18.7 Å². The summed E-state index contributed by atoms with van der Waals surface area (Å²) in [4.78, 5) is 15.4. The SMILES string of the molecule is Cl.O=C(O)[C@@H]1CCCN(CCOCCN2c3ccc(F)cc3CCc3cc(F)ccc32)C1. The molecule has 2 heterocycles. The summed E-state index contributed by atoms with van der Waals surface area (Å²) in [7, 11) is 0. The summed E-state index contributed by atoms with van der Waals surface area (Å²) < 4.78 is 33.5. The van der Waals surface area contributed by atoms with E-state index in [1.54, 1.807) is 24.3 Å². The maximum absolute atomic E-state index is 13.8. The van der Waals surface area contributed by atoms with Crippen molar-refractivity contribution in [3.63, 3.8) is 0 Å². The molecule has 5 nitrogen and oxygen atoms in total. The lowest BCUT2D eigenvalue weighted by molar-refractivity contribution is -0.143. The van der Waals surface area contributed by atoms with Crippen molar-refractivity contribution < 1.29 is 23.4 Å². The molecule has 0 amide bonds. The van der Waals surface area contributed by atoms with Gasteiger partial charge >= 0.3 is 5.97 Å². The van der Waals surface area contributed by atoms with Gasteiger partial charge in [0.2, 0.25) is 0 Å². The molecule has 1 atom stereocenters. The van der Waals surface area contributed by atoms with E-state index < -0.39 is 5.97 Å². The Morgan fingerprint density at radius 3 is 2.19 bits per heavy atom. The number of piperidine rings is 1. The molecule has 2 aliphatic heterocycles. The van der Waals surface area contributed by atoms with E-state index >= 15 is 0 Å². The largest absolute Gasteiger partial charge is 0.481 e. The second kappa shape index (κ2) is 11.1. The van der Waals surface area contributed by atoms with Gasteiger partial charge in [0, 0.05) is 31.0 Å². The van der Waals surface area contributed by atoms with Crippen LogP contribution >= 0.6 is 12.4 Å². The molecule has 0 saturated carbocycles. The zero-order valence-corrected chi connectivity index (χ0v) is 18.8. The van der Waals surface area contributed by atoms with E-state index in [1.165, 1.54) is 12.1 Å². The molecule has 2 aromatic carbocycles. The number of nitrogens with zero attached hydrogens (tertiary/aromatic N) is 2. The van der Waals surface area contributed by atoms with Crippen LogP contribution in [0.4, 0.5) is 20.2 Å². The number of carboxylic acid groups (broad SMARTS) is 1. The van der Waals surface area contributed by atoms with Crippen molar-refractivity contribution in [2.75, 3.05) is 44.3 Å². The highest BCUT2D eigenvalue weighted by Crippen LogP contribution is 2.36. The molecule has 1 saturated heterocycles. The molecule has 2 aliphatic rings. The van der Waals surface area contributed by atoms with Gasteiger partial charge in [-0.15, -0.1) is 12.4 Å². The highest BCUT2D eigenvalue weighted by Gasteiger charge is 2.25. The average molecular weight is 467 g/mol.